The number of aliphatic imine (C=N–C) groups is 1. The third-order valence-electron chi connectivity index (χ3n) is 4.85. The molecule has 0 spiro atoms. The van der Waals surface area contributed by atoms with Crippen LogP contribution in [0.25, 0.3) is 0 Å². The first kappa shape index (κ1) is 17.6. The molecule has 2 aromatic rings. The van der Waals surface area contributed by atoms with Gasteiger partial charge in [-0.2, -0.15) is 5.10 Å². The number of rotatable bonds is 3. The lowest BCUT2D eigenvalue weighted by atomic mass is 10.2. The van der Waals surface area contributed by atoms with Gasteiger partial charge in [-0.05, 0) is 38.1 Å². The normalized spacial score (nSPS) is 15.8. The number of aryl methyl sites for hydroxylation is 2. The summed E-state index contributed by atoms with van der Waals surface area (Å²) in [5, 5.41) is 5.19. The van der Waals surface area contributed by atoms with Gasteiger partial charge in [0.25, 0.3) is 0 Å². The van der Waals surface area contributed by atoms with Crippen molar-refractivity contribution in [3.8, 4) is 0 Å². The van der Waals surface area contributed by atoms with E-state index in [-0.39, 0.29) is 0 Å². The molecule has 0 radical (unpaired) electrons. The van der Waals surface area contributed by atoms with Crippen molar-refractivity contribution in [2.45, 2.75) is 20.4 Å². The number of nitrogens with two attached hydrogens (primary N) is 1. The number of piperazine rings is 1. The zero-order chi connectivity index (χ0) is 18.0. The minimum absolute atomic E-state index is 0.578. The summed E-state index contributed by atoms with van der Waals surface area (Å²) < 4.78 is 1.89. The van der Waals surface area contributed by atoms with Gasteiger partial charge in [-0.25, -0.2) is 4.99 Å². The average molecular weight is 361 g/mol. The van der Waals surface area contributed by atoms with Crippen LogP contribution in [0.3, 0.4) is 0 Å². The van der Waals surface area contributed by atoms with Crippen molar-refractivity contribution in [3.05, 3.63) is 46.2 Å². The molecule has 25 heavy (non-hydrogen) atoms. The summed E-state index contributed by atoms with van der Waals surface area (Å²) in [6.07, 6.45) is 0. The molecule has 1 aromatic carbocycles. The molecule has 0 bridgehead atoms. The van der Waals surface area contributed by atoms with E-state index >= 15 is 0 Å². The van der Waals surface area contributed by atoms with Gasteiger partial charge in [-0.3, -0.25) is 4.68 Å². The molecule has 1 aromatic heterocycles. The summed E-state index contributed by atoms with van der Waals surface area (Å²) in [6.45, 7) is 8.22. The van der Waals surface area contributed by atoms with Crippen molar-refractivity contribution in [1.82, 2.24) is 14.7 Å². The van der Waals surface area contributed by atoms with E-state index in [1.807, 2.05) is 30.8 Å². The molecule has 0 unspecified atom stereocenters. The predicted octanol–water partition coefficient (Wildman–Crippen LogP) is 2.33. The van der Waals surface area contributed by atoms with Gasteiger partial charge in [0.05, 0.1) is 12.2 Å². The van der Waals surface area contributed by atoms with E-state index in [1.165, 1.54) is 5.69 Å². The first-order valence-corrected chi connectivity index (χ1v) is 8.88. The van der Waals surface area contributed by atoms with Crippen LogP contribution in [-0.2, 0) is 13.6 Å². The fourth-order valence-corrected chi connectivity index (χ4v) is 3.28. The summed E-state index contributed by atoms with van der Waals surface area (Å²) in [4.78, 5) is 9.08. The molecule has 1 aliphatic rings. The first-order valence-electron chi connectivity index (χ1n) is 8.50. The average Bonchev–Trinajstić information content (AvgIpc) is 2.86. The maximum atomic E-state index is 6.22. The van der Waals surface area contributed by atoms with E-state index in [0.717, 1.165) is 48.2 Å². The molecule has 1 fully saturated rings. The molecule has 3 rings (SSSR count). The van der Waals surface area contributed by atoms with Crippen LogP contribution >= 0.6 is 11.6 Å². The summed E-state index contributed by atoms with van der Waals surface area (Å²) >= 11 is 5.96. The highest BCUT2D eigenvalue weighted by Gasteiger charge is 2.19. The van der Waals surface area contributed by atoms with Gasteiger partial charge < -0.3 is 15.5 Å². The Morgan fingerprint density at radius 1 is 1.16 bits per heavy atom. The van der Waals surface area contributed by atoms with E-state index in [0.29, 0.717) is 12.5 Å². The zero-order valence-electron chi connectivity index (χ0n) is 15.0. The van der Waals surface area contributed by atoms with Crippen LogP contribution in [0.15, 0.2) is 29.3 Å². The van der Waals surface area contributed by atoms with Crippen LogP contribution in [0.4, 0.5) is 5.69 Å². The van der Waals surface area contributed by atoms with E-state index in [1.54, 1.807) is 0 Å². The van der Waals surface area contributed by atoms with E-state index in [9.17, 15) is 0 Å². The lowest BCUT2D eigenvalue weighted by molar-refractivity contribution is 0.380. The van der Waals surface area contributed by atoms with Gasteiger partial charge in [0.2, 0.25) is 0 Å². The van der Waals surface area contributed by atoms with Crippen molar-refractivity contribution >= 4 is 23.2 Å². The quantitative estimate of drug-likeness (QED) is 0.674. The molecule has 6 nitrogen and oxygen atoms in total. The van der Waals surface area contributed by atoms with Crippen LogP contribution in [0, 0.1) is 13.8 Å². The highest BCUT2D eigenvalue weighted by molar-refractivity contribution is 6.30. The van der Waals surface area contributed by atoms with Gasteiger partial charge in [0.15, 0.2) is 5.96 Å². The van der Waals surface area contributed by atoms with Crippen molar-refractivity contribution in [3.63, 3.8) is 0 Å². The number of guanidine groups is 1. The Kier molecular flexibility index (Phi) is 5.18. The van der Waals surface area contributed by atoms with E-state index < -0.39 is 0 Å². The topological polar surface area (TPSA) is 62.7 Å². The summed E-state index contributed by atoms with van der Waals surface area (Å²) in [5.41, 5.74) is 10.7. The van der Waals surface area contributed by atoms with Gasteiger partial charge in [0.1, 0.15) is 0 Å². The Hall–Kier alpha value is -2.21. The summed E-state index contributed by atoms with van der Waals surface area (Å²) in [7, 11) is 1.95. The molecule has 1 aliphatic heterocycles. The number of nitrogens with zero attached hydrogens (tertiary/aromatic N) is 5. The number of hydrogen-bond acceptors (Lipinski definition) is 3. The highest BCUT2D eigenvalue weighted by atomic mass is 35.5. The predicted molar refractivity (Wildman–Crippen MR) is 103 cm³/mol. The number of halogens is 1. The van der Waals surface area contributed by atoms with Gasteiger partial charge in [-0.1, -0.05) is 11.6 Å². The molecular weight excluding hydrogens is 336 g/mol. The fourth-order valence-electron chi connectivity index (χ4n) is 3.15. The lowest BCUT2D eigenvalue weighted by Crippen LogP contribution is -2.51. The Morgan fingerprint density at radius 3 is 2.36 bits per heavy atom. The second kappa shape index (κ2) is 7.35. The number of benzene rings is 1. The van der Waals surface area contributed by atoms with Crippen molar-refractivity contribution < 1.29 is 0 Å². The molecule has 134 valence electrons. The minimum atomic E-state index is 0.578. The smallest absolute Gasteiger partial charge is 0.191 e. The van der Waals surface area contributed by atoms with E-state index in [2.05, 4.69) is 38.9 Å². The second-order valence-electron chi connectivity index (χ2n) is 6.40. The number of anilines is 1. The van der Waals surface area contributed by atoms with Crippen molar-refractivity contribution in [2.24, 2.45) is 17.8 Å². The molecule has 0 saturated carbocycles. The van der Waals surface area contributed by atoms with Gasteiger partial charge in [-0.15, -0.1) is 0 Å². The van der Waals surface area contributed by atoms with E-state index in [4.69, 9.17) is 17.3 Å². The van der Waals surface area contributed by atoms with Crippen molar-refractivity contribution in [1.29, 1.82) is 0 Å². The van der Waals surface area contributed by atoms with Gasteiger partial charge in [0, 0.05) is 55.2 Å². The summed E-state index contributed by atoms with van der Waals surface area (Å²) in [5.74, 6) is 0.610. The molecule has 0 aliphatic carbocycles. The molecule has 7 heteroatoms. The Morgan fingerprint density at radius 2 is 1.80 bits per heavy atom. The Bertz CT molecular complexity index is 757. The largest absolute Gasteiger partial charge is 0.370 e. The van der Waals surface area contributed by atoms with Crippen LogP contribution < -0.4 is 10.6 Å². The van der Waals surface area contributed by atoms with Crippen LogP contribution in [0.2, 0.25) is 5.02 Å². The molecule has 1 saturated heterocycles. The maximum Gasteiger partial charge on any atom is 0.191 e. The SMILES string of the molecule is Cc1nn(C)c(C)c1CN=C(N)N1CCN(c2ccc(Cl)cc2)CC1. The fraction of sp³-hybridized carbons (Fsp3) is 0.444. The lowest BCUT2D eigenvalue weighted by Gasteiger charge is -2.36. The molecular formula is C18H25ClN6. The first-order chi connectivity index (χ1) is 12.0. The molecule has 0 amide bonds. The third kappa shape index (κ3) is 3.90. The minimum Gasteiger partial charge on any atom is -0.370 e. The second-order valence-corrected chi connectivity index (χ2v) is 6.83. The summed E-state index contributed by atoms with van der Waals surface area (Å²) in [6, 6.07) is 7.97. The zero-order valence-corrected chi connectivity index (χ0v) is 15.8. The van der Waals surface area contributed by atoms with Crippen LogP contribution in [-0.4, -0.2) is 46.8 Å². The van der Waals surface area contributed by atoms with Crippen molar-refractivity contribution in [2.75, 3.05) is 31.1 Å². The number of hydrogen-bond donors (Lipinski definition) is 1. The molecule has 2 N–H and O–H groups in total. The standard InChI is InChI=1S/C18H25ClN6/c1-13-17(14(2)23(3)22-13)12-21-18(20)25-10-8-24(9-11-25)16-6-4-15(19)5-7-16/h4-7H,8-12H2,1-3H3,(H2,20,21). The maximum absolute atomic E-state index is 6.22. The third-order valence-corrected chi connectivity index (χ3v) is 5.11. The monoisotopic (exact) mass is 360 g/mol. The van der Waals surface area contributed by atoms with Gasteiger partial charge >= 0.3 is 0 Å². The van der Waals surface area contributed by atoms with Crippen LogP contribution in [0.5, 0.6) is 0 Å². The molecule has 0 atom stereocenters. The Balaban J connectivity index is 1.59. The van der Waals surface area contributed by atoms with Crippen LogP contribution in [0.1, 0.15) is 17.0 Å². The Labute approximate surface area is 153 Å². The number of aromatic nitrogens is 2. The highest BCUT2D eigenvalue weighted by Crippen LogP contribution is 2.19. The molecule has 2 heterocycles.